The van der Waals surface area contributed by atoms with Gasteiger partial charge >= 0.3 is 6.18 Å². The summed E-state index contributed by atoms with van der Waals surface area (Å²) in [6, 6.07) is 11.8. The minimum Gasteiger partial charge on any atom is -0.348 e. The van der Waals surface area contributed by atoms with Gasteiger partial charge in [0, 0.05) is 18.7 Å². The highest BCUT2D eigenvalue weighted by Gasteiger charge is 2.32. The van der Waals surface area contributed by atoms with Crippen LogP contribution in [0.4, 0.5) is 13.2 Å². The smallest absolute Gasteiger partial charge is 0.348 e. The summed E-state index contributed by atoms with van der Waals surface area (Å²) in [5.74, 6) is -0.438. The van der Waals surface area contributed by atoms with Crippen LogP contribution in [-0.2, 0) is 19.3 Å². The van der Waals surface area contributed by atoms with E-state index in [-0.39, 0.29) is 18.7 Å². The fraction of sp³-hybridized carbons (Fsp3) is 0.188. The molecule has 3 nitrogen and oxygen atoms in total. The standard InChI is InChI=1S/C16H15F3N2O/c17-16(18,19)14-7-2-1-5-13(14)10-21-15(22)12-6-3-4-11(8-12)9-20/h1-8H,9-10,20H2,(H,21,22). The fourth-order valence-electron chi connectivity index (χ4n) is 2.07. The van der Waals surface area contributed by atoms with E-state index < -0.39 is 17.6 Å². The molecule has 0 atom stereocenters. The van der Waals surface area contributed by atoms with Crippen LogP contribution >= 0.6 is 0 Å². The molecular formula is C16H15F3N2O. The number of benzene rings is 2. The maximum atomic E-state index is 12.9. The number of halogens is 3. The van der Waals surface area contributed by atoms with Crippen LogP contribution in [-0.4, -0.2) is 5.91 Å². The van der Waals surface area contributed by atoms with Crippen molar-refractivity contribution < 1.29 is 18.0 Å². The molecule has 2 aromatic carbocycles. The Bertz CT molecular complexity index is 668. The summed E-state index contributed by atoms with van der Waals surface area (Å²) in [6.45, 7) is 0.0966. The molecule has 0 aromatic heterocycles. The number of carbonyl (C=O) groups excluding carboxylic acids is 1. The molecule has 116 valence electrons. The summed E-state index contributed by atoms with van der Waals surface area (Å²) in [6.07, 6.45) is -4.44. The molecule has 0 saturated carbocycles. The molecule has 0 saturated heterocycles. The van der Waals surface area contributed by atoms with E-state index in [1.165, 1.54) is 18.2 Å². The Morgan fingerprint density at radius 2 is 1.82 bits per heavy atom. The van der Waals surface area contributed by atoms with Gasteiger partial charge in [0.1, 0.15) is 0 Å². The zero-order valence-corrected chi connectivity index (χ0v) is 11.7. The van der Waals surface area contributed by atoms with E-state index in [0.717, 1.165) is 11.6 Å². The first kappa shape index (κ1) is 16.0. The Morgan fingerprint density at radius 3 is 2.50 bits per heavy atom. The van der Waals surface area contributed by atoms with Crippen LogP contribution in [0.2, 0.25) is 0 Å². The molecule has 2 rings (SSSR count). The fourth-order valence-corrected chi connectivity index (χ4v) is 2.07. The second-order valence-electron chi connectivity index (χ2n) is 4.74. The Kier molecular flexibility index (Phi) is 4.82. The van der Waals surface area contributed by atoms with E-state index in [1.807, 2.05) is 0 Å². The maximum absolute atomic E-state index is 12.9. The van der Waals surface area contributed by atoms with E-state index in [4.69, 9.17) is 5.73 Å². The van der Waals surface area contributed by atoms with Gasteiger partial charge in [0.2, 0.25) is 0 Å². The topological polar surface area (TPSA) is 55.1 Å². The Morgan fingerprint density at radius 1 is 1.09 bits per heavy atom. The first-order chi connectivity index (χ1) is 10.4. The van der Waals surface area contributed by atoms with Gasteiger partial charge in [-0.25, -0.2) is 0 Å². The van der Waals surface area contributed by atoms with Crippen molar-refractivity contribution in [3.05, 3.63) is 70.8 Å². The van der Waals surface area contributed by atoms with Crippen molar-refractivity contribution >= 4 is 5.91 Å². The highest BCUT2D eigenvalue weighted by atomic mass is 19.4. The Balaban J connectivity index is 2.12. The van der Waals surface area contributed by atoms with E-state index in [9.17, 15) is 18.0 Å². The van der Waals surface area contributed by atoms with Crippen LogP contribution < -0.4 is 11.1 Å². The first-order valence-corrected chi connectivity index (χ1v) is 6.64. The van der Waals surface area contributed by atoms with Crippen LogP contribution in [0.5, 0.6) is 0 Å². The van der Waals surface area contributed by atoms with Crippen molar-refractivity contribution in [2.75, 3.05) is 0 Å². The van der Waals surface area contributed by atoms with Crippen LogP contribution in [0, 0.1) is 0 Å². The van der Waals surface area contributed by atoms with Gasteiger partial charge in [-0.2, -0.15) is 13.2 Å². The van der Waals surface area contributed by atoms with Gasteiger partial charge < -0.3 is 11.1 Å². The lowest BCUT2D eigenvalue weighted by atomic mass is 10.1. The number of alkyl halides is 3. The molecule has 0 fully saturated rings. The molecule has 0 aliphatic heterocycles. The highest BCUT2D eigenvalue weighted by molar-refractivity contribution is 5.94. The van der Waals surface area contributed by atoms with E-state index in [1.54, 1.807) is 24.3 Å². The van der Waals surface area contributed by atoms with Crippen LogP contribution in [0.25, 0.3) is 0 Å². The summed E-state index contributed by atoms with van der Waals surface area (Å²) < 4.78 is 38.6. The molecular weight excluding hydrogens is 293 g/mol. The second-order valence-corrected chi connectivity index (χ2v) is 4.74. The van der Waals surface area contributed by atoms with E-state index in [0.29, 0.717) is 5.56 Å². The first-order valence-electron chi connectivity index (χ1n) is 6.64. The lowest BCUT2D eigenvalue weighted by Crippen LogP contribution is -2.24. The van der Waals surface area contributed by atoms with Crippen molar-refractivity contribution in [3.63, 3.8) is 0 Å². The van der Waals surface area contributed by atoms with Crippen molar-refractivity contribution in [1.82, 2.24) is 5.32 Å². The van der Waals surface area contributed by atoms with Crippen molar-refractivity contribution in [1.29, 1.82) is 0 Å². The zero-order valence-electron chi connectivity index (χ0n) is 11.7. The van der Waals surface area contributed by atoms with Gasteiger partial charge in [0.15, 0.2) is 0 Å². The average molecular weight is 308 g/mol. The molecule has 0 aliphatic carbocycles. The van der Waals surface area contributed by atoms with Gasteiger partial charge in [0.25, 0.3) is 5.91 Å². The summed E-state index contributed by atoms with van der Waals surface area (Å²) in [4.78, 5) is 12.0. The van der Waals surface area contributed by atoms with Crippen molar-refractivity contribution in [2.45, 2.75) is 19.3 Å². The summed E-state index contributed by atoms with van der Waals surface area (Å²) in [5.41, 5.74) is 5.93. The van der Waals surface area contributed by atoms with E-state index >= 15 is 0 Å². The lowest BCUT2D eigenvalue weighted by Gasteiger charge is -2.13. The summed E-state index contributed by atoms with van der Waals surface area (Å²) in [5, 5.41) is 2.50. The quantitative estimate of drug-likeness (QED) is 0.912. The lowest BCUT2D eigenvalue weighted by molar-refractivity contribution is -0.138. The molecule has 0 bridgehead atoms. The zero-order chi connectivity index (χ0) is 16.2. The minimum absolute atomic E-state index is 0.0262. The molecule has 1 amide bonds. The molecule has 0 heterocycles. The molecule has 22 heavy (non-hydrogen) atoms. The van der Waals surface area contributed by atoms with E-state index in [2.05, 4.69) is 5.32 Å². The number of hydrogen-bond acceptors (Lipinski definition) is 2. The predicted octanol–water partition coefficient (Wildman–Crippen LogP) is 3.09. The molecule has 0 aliphatic rings. The van der Waals surface area contributed by atoms with Gasteiger partial charge in [-0.3, -0.25) is 4.79 Å². The predicted molar refractivity (Wildman–Crippen MR) is 76.9 cm³/mol. The van der Waals surface area contributed by atoms with Crippen molar-refractivity contribution in [3.8, 4) is 0 Å². The number of hydrogen-bond donors (Lipinski definition) is 2. The Labute approximate surface area is 125 Å². The largest absolute Gasteiger partial charge is 0.416 e. The van der Waals surface area contributed by atoms with Gasteiger partial charge in [-0.05, 0) is 29.3 Å². The third-order valence-electron chi connectivity index (χ3n) is 3.19. The van der Waals surface area contributed by atoms with Gasteiger partial charge in [0.05, 0.1) is 5.56 Å². The van der Waals surface area contributed by atoms with Crippen LogP contribution in [0.15, 0.2) is 48.5 Å². The second kappa shape index (κ2) is 6.62. The molecule has 0 radical (unpaired) electrons. The normalized spacial score (nSPS) is 11.3. The SMILES string of the molecule is NCc1cccc(C(=O)NCc2ccccc2C(F)(F)F)c1. The molecule has 3 N–H and O–H groups in total. The summed E-state index contributed by atoms with van der Waals surface area (Å²) >= 11 is 0. The minimum atomic E-state index is -4.44. The monoisotopic (exact) mass is 308 g/mol. The number of nitrogens with two attached hydrogens (primary N) is 1. The number of rotatable bonds is 4. The van der Waals surface area contributed by atoms with Crippen LogP contribution in [0.1, 0.15) is 27.0 Å². The Hall–Kier alpha value is -2.34. The molecule has 6 heteroatoms. The van der Waals surface area contributed by atoms with Gasteiger partial charge in [-0.15, -0.1) is 0 Å². The highest BCUT2D eigenvalue weighted by Crippen LogP contribution is 2.31. The number of nitrogens with one attached hydrogen (secondary N) is 1. The maximum Gasteiger partial charge on any atom is 0.416 e. The molecule has 0 spiro atoms. The molecule has 0 unspecified atom stereocenters. The van der Waals surface area contributed by atoms with Gasteiger partial charge in [-0.1, -0.05) is 30.3 Å². The third-order valence-corrected chi connectivity index (χ3v) is 3.19. The molecule has 2 aromatic rings. The third kappa shape index (κ3) is 3.85. The number of amides is 1. The van der Waals surface area contributed by atoms with Crippen molar-refractivity contribution in [2.24, 2.45) is 5.73 Å². The summed E-state index contributed by atoms with van der Waals surface area (Å²) in [7, 11) is 0. The number of carbonyl (C=O) groups is 1. The average Bonchev–Trinajstić information content (AvgIpc) is 2.52. The van der Waals surface area contributed by atoms with Crippen LogP contribution in [0.3, 0.4) is 0 Å².